The Hall–Kier alpha value is -4.90. The Bertz CT molecular complexity index is 1720. The van der Waals surface area contributed by atoms with Crippen molar-refractivity contribution in [1.82, 2.24) is 9.97 Å². The first-order valence-electron chi connectivity index (χ1n) is 14.0. The number of esters is 1. The molecule has 0 aliphatic rings. The van der Waals surface area contributed by atoms with Crippen LogP contribution in [0.1, 0.15) is 69.6 Å². The maximum absolute atomic E-state index is 11.3. The van der Waals surface area contributed by atoms with E-state index in [9.17, 15) is 14.7 Å². The molecule has 0 aliphatic carbocycles. The van der Waals surface area contributed by atoms with Crippen LogP contribution in [0.3, 0.4) is 0 Å². The van der Waals surface area contributed by atoms with Gasteiger partial charge in [0.15, 0.2) is 5.65 Å². The van der Waals surface area contributed by atoms with Crippen molar-refractivity contribution in [2.75, 3.05) is 6.61 Å². The van der Waals surface area contributed by atoms with Crippen LogP contribution in [0.25, 0.3) is 32.3 Å². The zero-order valence-electron chi connectivity index (χ0n) is 25.2. The minimum absolute atomic E-state index is 0.101. The highest BCUT2D eigenvalue weighted by molar-refractivity contribution is 7.20. The minimum atomic E-state index is -1.10. The lowest BCUT2D eigenvalue weighted by molar-refractivity contribution is 0.0492. The predicted octanol–water partition coefficient (Wildman–Crippen LogP) is 9.32. The van der Waals surface area contributed by atoms with Gasteiger partial charge in [0, 0.05) is 29.1 Å². The number of rotatable bonds is 5. The molecule has 2 aromatic carbocycles. The van der Waals surface area contributed by atoms with Crippen LogP contribution in [-0.4, -0.2) is 38.7 Å². The molecule has 11 heteroatoms. The van der Waals surface area contributed by atoms with E-state index in [1.807, 2.05) is 53.7 Å². The number of carbonyl (C=O) groups excluding carboxylic acids is 1. The number of aromatic hydroxyl groups is 1. The average molecular weight is 609 g/mol. The third-order valence-electron chi connectivity index (χ3n) is 5.03. The number of hydrogen-bond acceptors (Lipinski definition) is 10. The lowest BCUT2D eigenvalue weighted by atomic mass is 10.2. The maximum Gasteiger partial charge on any atom is 0.374 e. The molecule has 4 aromatic heterocycles. The molecule has 0 spiro atoms. The predicted molar refractivity (Wildman–Crippen MR) is 169 cm³/mol. The van der Waals surface area contributed by atoms with Gasteiger partial charge in [0.1, 0.15) is 22.7 Å². The maximum atomic E-state index is 11.3. The van der Waals surface area contributed by atoms with Gasteiger partial charge in [-0.05, 0) is 55.5 Å². The zero-order valence-corrected chi connectivity index (χ0v) is 26.0. The Morgan fingerprint density at radius 2 is 1.49 bits per heavy atom. The summed E-state index contributed by atoms with van der Waals surface area (Å²) in [5.74, 6) is -0.914. The summed E-state index contributed by atoms with van der Waals surface area (Å²) in [4.78, 5) is 30.7. The molecular formula is C32H36N2O8S. The van der Waals surface area contributed by atoms with Gasteiger partial charge in [-0.2, -0.15) is 4.98 Å². The van der Waals surface area contributed by atoms with Gasteiger partial charge in [0.05, 0.1) is 11.3 Å². The van der Waals surface area contributed by atoms with Crippen LogP contribution in [-0.2, 0) is 4.74 Å². The molecule has 10 nitrogen and oxygen atoms in total. The highest BCUT2D eigenvalue weighted by atomic mass is 32.1. The number of thiazole rings is 1. The van der Waals surface area contributed by atoms with Crippen molar-refractivity contribution < 1.29 is 38.1 Å². The van der Waals surface area contributed by atoms with Gasteiger partial charge in [-0.15, -0.1) is 0 Å². The van der Waals surface area contributed by atoms with Crippen LogP contribution < -0.4 is 4.74 Å². The van der Waals surface area contributed by atoms with E-state index in [4.69, 9.17) is 23.4 Å². The van der Waals surface area contributed by atoms with Gasteiger partial charge in [-0.25, -0.2) is 14.6 Å². The first-order chi connectivity index (χ1) is 20.9. The summed E-state index contributed by atoms with van der Waals surface area (Å²) in [7, 11) is 0. The van der Waals surface area contributed by atoms with Gasteiger partial charge < -0.3 is 28.5 Å². The number of phenols is 1. The lowest BCUT2D eigenvalue weighted by Gasteiger charge is -2.00. The second-order valence-electron chi connectivity index (χ2n) is 7.58. The number of aromatic carboxylic acids is 1. The number of phenolic OH excluding ortho intramolecular Hbond substituents is 1. The van der Waals surface area contributed by atoms with E-state index in [1.165, 1.54) is 29.5 Å². The highest BCUT2D eigenvalue weighted by Crippen LogP contribution is 2.32. The molecule has 6 aromatic rings. The number of nitrogens with zero attached hydrogens (tertiary/aromatic N) is 2. The summed E-state index contributed by atoms with van der Waals surface area (Å²) in [6.45, 7) is 14.0. The molecule has 2 N–H and O–H groups in total. The average Bonchev–Trinajstić information content (AvgIpc) is 3.76. The van der Waals surface area contributed by atoms with Crippen molar-refractivity contribution in [2.45, 2.75) is 48.5 Å². The van der Waals surface area contributed by atoms with Crippen LogP contribution in [0.5, 0.6) is 16.7 Å². The Morgan fingerprint density at radius 1 is 0.860 bits per heavy atom. The van der Waals surface area contributed by atoms with Crippen LogP contribution in [0.2, 0.25) is 0 Å². The monoisotopic (exact) mass is 608 g/mol. The number of benzene rings is 2. The molecule has 0 aliphatic heterocycles. The molecule has 0 bridgehead atoms. The molecule has 0 fully saturated rings. The standard InChI is InChI=1S/C15H8N2O4S.C11H10O4.3C2H6/c18-14(19)11-6-8-3-4-9(7-10(8)21-11)20-15-17-13-12(22-15)2-1-5-16-13;1-2-14-11(13)10-5-7-3-4-8(12)6-9(7)15-10;3*1-2/h1-7H,(H,18,19);3-6,12H,2H2,1H3;3*1-2H3. The number of aromatic nitrogens is 2. The van der Waals surface area contributed by atoms with Crippen molar-refractivity contribution in [1.29, 1.82) is 0 Å². The third-order valence-corrected chi connectivity index (χ3v) is 5.92. The second-order valence-corrected chi connectivity index (χ2v) is 8.57. The molecule has 43 heavy (non-hydrogen) atoms. The first-order valence-corrected chi connectivity index (χ1v) is 14.8. The Labute approximate surface area is 253 Å². The van der Waals surface area contributed by atoms with Crippen LogP contribution in [0.15, 0.2) is 75.7 Å². The van der Waals surface area contributed by atoms with Crippen molar-refractivity contribution in [2.24, 2.45) is 0 Å². The molecule has 0 atom stereocenters. The van der Waals surface area contributed by atoms with Gasteiger partial charge in [0.2, 0.25) is 11.5 Å². The normalized spacial score (nSPS) is 9.74. The van der Waals surface area contributed by atoms with Crippen LogP contribution in [0, 0.1) is 0 Å². The fourth-order valence-corrected chi connectivity index (χ4v) is 4.19. The van der Waals surface area contributed by atoms with Crippen molar-refractivity contribution in [3.8, 4) is 16.7 Å². The largest absolute Gasteiger partial charge is 0.508 e. The Balaban J connectivity index is 0.000000269. The number of pyridine rings is 1. The van der Waals surface area contributed by atoms with E-state index in [-0.39, 0.29) is 17.3 Å². The number of ether oxygens (including phenoxy) is 2. The molecule has 6 rings (SSSR count). The topological polar surface area (TPSA) is 145 Å². The summed E-state index contributed by atoms with van der Waals surface area (Å²) in [5, 5.41) is 20.1. The van der Waals surface area contributed by atoms with E-state index < -0.39 is 11.9 Å². The quantitative estimate of drug-likeness (QED) is 0.182. The fourth-order valence-electron chi connectivity index (χ4n) is 3.40. The number of carboxylic acids is 1. The summed E-state index contributed by atoms with van der Waals surface area (Å²) in [5.41, 5.74) is 1.56. The van der Waals surface area contributed by atoms with Crippen LogP contribution in [0.4, 0.5) is 0 Å². The second kappa shape index (κ2) is 17.1. The summed E-state index contributed by atoms with van der Waals surface area (Å²) in [6.07, 6.45) is 1.67. The molecule has 0 saturated carbocycles. The molecule has 228 valence electrons. The molecule has 0 saturated heterocycles. The van der Waals surface area contributed by atoms with Crippen molar-refractivity contribution in [3.05, 3.63) is 78.4 Å². The van der Waals surface area contributed by atoms with E-state index in [2.05, 4.69) is 9.97 Å². The SMILES string of the molecule is CC.CC.CC.CCOC(=O)c1cc2ccc(O)cc2o1.O=C(O)c1cc2ccc(Oc3nc4ncccc4s3)cc2o1. The van der Waals surface area contributed by atoms with E-state index in [0.717, 1.165) is 10.1 Å². The summed E-state index contributed by atoms with van der Waals surface area (Å²) >= 11 is 1.39. The number of furan rings is 2. The van der Waals surface area contributed by atoms with Crippen LogP contribution >= 0.6 is 11.3 Å². The fraction of sp³-hybridized carbons (Fsp3) is 0.250. The smallest absolute Gasteiger partial charge is 0.374 e. The van der Waals surface area contributed by atoms with Gasteiger partial charge in [0.25, 0.3) is 5.19 Å². The Morgan fingerprint density at radius 3 is 2.14 bits per heavy atom. The lowest BCUT2D eigenvalue weighted by Crippen LogP contribution is -2.02. The van der Waals surface area contributed by atoms with E-state index in [1.54, 1.807) is 43.5 Å². The highest BCUT2D eigenvalue weighted by Gasteiger charge is 2.14. The molecule has 4 heterocycles. The van der Waals surface area contributed by atoms with E-state index in [0.29, 0.717) is 39.7 Å². The van der Waals surface area contributed by atoms with Crippen molar-refractivity contribution >= 4 is 55.6 Å². The minimum Gasteiger partial charge on any atom is -0.508 e. The molecule has 0 amide bonds. The van der Waals surface area contributed by atoms with Gasteiger partial charge >= 0.3 is 11.9 Å². The Kier molecular flexibility index (Phi) is 13.7. The molecular weight excluding hydrogens is 572 g/mol. The van der Waals surface area contributed by atoms with Gasteiger partial charge in [-0.3, -0.25) is 0 Å². The number of carbonyl (C=O) groups is 2. The van der Waals surface area contributed by atoms with E-state index >= 15 is 0 Å². The molecule has 0 radical (unpaired) electrons. The molecule has 0 unspecified atom stereocenters. The summed E-state index contributed by atoms with van der Waals surface area (Å²) in [6, 6.07) is 16.6. The zero-order chi connectivity index (χ0) is 31.9. The number of carboxylic acid groups (broad SMARTS) is 1. The summed E-state index contributed by atoms with van der Waals surface area (Å²) < 4.78 is 21.9. The van der Waals surface area contributed by atoms with Gasteiger partial charge in [-0.1, -0.05) is 52.9 Å². The number of fused-ring (bicyclic) bond motifs is 3. The third kappa shape index (κ3) is 9.04. The van der Waals surface area contributed by atoms with Crippen molar-refractivity contribution in [3.63, 3.8) is 0 Å². The number of hydrogen-bond donors (Lipinski definition) is 2. The first kappa shape index (κ1) is 34.3.